The highest BCUT2D eigenvalue weighted by atomic mass is 32.2. The average Bonchev–Trinajstić information content (AvgIpc) is 3.29. The molecule has 0 saturated carbocycles. The van der Waals surface area contributed by atoms with Gasteiger partial charge in [0.05, 0.1) is 22.3 Å². The Morgan fingerprint density at radius 1 is 1.10 bits per heavy atom. The van der Waals surface area contributed by atoms with Crippen LogP contribution < -0.4 is 9.80 Å². The number of nitrogens with zero attached hydrogens (tertiary/aromatic N) is 8. The number of hydrogen-bond acceptors (Lipinski definition) is 9. The van der Waals surface area contributed by atoms with Crippen LogP contribution in [0.1, 0.15) is 0 Å². The van der Waals surface area contributed by atoms with Gasteiger partial charge in [-0.2, -0.15) is 14.6 Å². The average molecular weight is 433 g/mol. The smallest absolute Gasteiger partial charge is 0.243 e. The van der Waals surface area contributed by atoms with Gasteiger partial charge in [0.15, 0.2) is 5.82 Å². The van der Waals surface area contributed by atoms with E-state index < -0.39 is 15.8 Å². The molecule has 0 radical (unpaired) electrons. The zero-order valence-corrected chi connectivity index (χ0v) is 17.2. The number of H-pyrrole nitrogens is 1. The molecular formula is C17H20FN9O2S. The minimum atomic E-state index is -3.81. The van der Waals surface area contributed by atoms with Crippen LogP contribution in [0.3, 0.4) is 0 Å². The van der Waals surface area contributed by atoms with Gasteiger partial charge in [0, 0.05) is 46.3 Å². The van der Waals surface area contributed by atoms with Crippen molar-refractivity contribution >= 4 is 21.5 Å². The second-order valence-electron chi connectivity index (χ2n) is 6.93. The Balaban J connectivity index is 1.52. The maximum absolute atomic E-state index is 14.1. The number of sulfonamides is 1. The van der Waals surface area contributed by atoms with E-state index in [4.69, 9.17) is 0 Å². The summed E-state index contributed by atoms with van der Waals surface area (Å²) in [6.45, 7) is 1.46. The zero-order valence-electron chi connectivity index (χ0n) is 16.4. The van der Waals surface area contributed by atoms with Crippen molar-refractivity contribution in [1.82, 2.24) is 35.1 Å². The number of benzene rings is 1. The number of nitrogens with one attached hydrogen (secondary N) is 1. The summed E-state index contributed by atoms with van der Waals surface area (Å²) in [5.41, 5.74) is 0.884. The molecule has 2 aromatic heterocycles. The molecule has 1 saturated heterocycles. The van der Waals surface area contributed by atoms with Crippen LogP contribution in [0.5, 0.6) is 0 Å². The van der Waals surface area contributed by atoms with Crippen LogP contribution in [-0.4, -0.2) is 83.8 Å². The number of tetrazole rings is 1. The highest BCUT2D eigenvalue weighted by Crippen LogP contribution is 2.26. The monoisotopic (exact) mass is 433 g/mol. The van der Waals surface area contributed by atoms with Crippen molar-refractivity contribution < 1.29 is 12.8 Å². The predicted molar refractivity (Wildman–Crippen MR) is 107 cm³/mol. The topological polar surface area (TPSA) is 124 Å². The number of piperazine rings is 1. The van der Waals surface area contributed by atoms with Gasteiger partial charge in [-0.25, -0.2) is 12.8 Å². The molecule has 0 unspecified atom stereocenters. The summed E-state index contributed by atoms with van der Waals surface area (Å²) in [4.78, 5) is 3.89. The van der Waals surface area contributed by atoms with E-state index in [1.807, 2.05) is 30.0 Å². The Morgan fingerprint density at radius 3 is 2.53 bits per heavy atom. The molecule has 13 heteroatoms. The summed E-state index contributed by atoms with van der Waals surface area (Å²) >= 11 is 0. The normalized spacial score (nSPS) is 15.4. The highest BCUT2D eigenvalue weighted by Gasteiger charge is 2.30. The molecule has 0 atom stereocenters. The molecule has 0 amide bonds. The zero-order chi connectivity index (χ0) is 21.3. The Hall–Kier alpha value is -3.19. The van der Waals surface area contributed by atoms with Crippen molar-refractivity contribution in [2.24, 2.45) is 0 Å². The molecule has 1 fully saturated rings. The number of hydrogen-bond donors (Lipinski definition) is 1. The van der Waals surface area contributed by atoms with Crippen LogP contribution in [0, 0.1) is 5.82 Å². The summed E-state index contributed by atoms with van der Waals surface area (Å²) in [7, 11) is 0.0170. The van der Waals surface area contributed by atoms with Gasteiger partial charge >= 0.3 is 0 Å². The standard InChI is InChI=1S/C17H20FN9O2S/c1-25(2)12-9-16(20-19-11-12)26-5-7-27(8-6-26)30(28,29)13-3-4-15(18)14(10-13)17-21-23-24-22-17/h3-4,9-11H,5-8H2,1-2H3,(H,21,22,23,24). The first-order valence-corrected chi connectivity index (χ1v) is 10.6. The van der Waals surface area contributed by atoms with Gasteiger partial charge in [-0.15, -0.1) is 15.3 Å². The molecule has 1 aliphatic heterocycles. The van der Waals surface area contributed by atoms with Crippen molar-refractivity contribution in [2.75, 3.05) is 50.1 Å². The lowest BCUT2D eigenvalue weighted by atomic mass is 10.2. The fourth-order valence-electron chi connectivity index (χ4n) is 3.16. The van der Waals surface area contributed by atoms with E-state index in [1.165, 1.54) is 16.4 Å². The summed E-state index contributed by atoms with van der Waals surface area (Å²) in [6, 6.07) is 5.48. The molecule has 1 aliphatic rings. The van der Waals surface area contributed by atoms with E-state index in [2.05, 4.69) is 30.8 Å². The molecule has 11 nitrogen and oxygen atoms in total. The van der Waals surface area contributed by atoms with Gasteiger partial charge < -0.3 is 9.80 Å². The van der Waals surface area contributed by atoms with E-state index in [1.54, 1.807) is 6.20 Å². The Morgan fingerprint density at radius 2 is 1.87 bits per heavy atom. The predicted octanol–water partition coefficient (Wildman–Crippen LogP) is 0.373. The van der Waals surface area contributed by atoms with Gasteiger partial charge in [-0.05, 0) is 23.4 Å². The Kier molecular flexibility index (Phi) is 5.30. The molecule has 3 heterocycles. The third-order valence-electron chi connectivity index (χ3n) is 4.87. The van der Waals surface area contributed by atoms with Crippen LogP contribution in [0.15, 0.2) is 35.4 Å². The summed E-state index contributed by atoms with van der Waals surface area (Å²) < 4.78 is 41.7. The third kappa shape index (κ3) is 3.80. The number of halogens is 1. The number of rotatable bonds is 5. The molecule has 3 aromatic rings. The first-order chi connectivity index (χ1) is 14.4. The molecule has 0 aliphatic carbocycles. The van der Waals surface area contributed by atoms with Crippen molar-refractivity contribution in [3.63, 3.8) is 0 Å². The van der Waals surface area contributed by atoms with Gasteiger partial charge in [0.2, 0.25) is 15.8 Å². The van der Waals surface area contributed by atoms with Crippen molar-refractivity contribution in [2.45, 2.75) is 4.90 Å². The number of anilines is 2. The molecule has 158 valence electrons. The van der Waals surface area contributed by atoms with Crippen LogP contribution in [0.25, 0.3) is 11.4 Å². The maximum atomic E-state index is 14.1. The molecule has 30 heavy (non-hydrogen) atoms. The summed E-state index contributed by atoms with van der Waals surface area (Å²) in [5.74, 6) is 0.0626. The fraction of sp³-hybridized carbons (Fsp3) is 0.353. The van der Waals surface area contributed by atoms with Gasteiger partial charge in [0.1, 0.15) is 5.82 Å². The maximum Gasteiger partial charge on any atom is 0.243 e. The SMILES string of the molecule is CN(C)c1cnnc(N2CCN(S(=O)(=O)c3ccc(F)c(-c4nn[nH]n4)c3)CC2)c1. The first-order valence-electron chi connectivity index (χ1n) is 9.15. The van der Waals surface area contributed by atoms with Crippen LogP contribution >= 0.6 is 0 Å². The van der Waals surface area contributed by atoms with Gasteiger partial charge in [0.25, 0.3) is 0 Å². The van der Waals surface area contributed by atoms with E-state index in [0.717, 1.165) is 11.8 Å². The summed E-state index contributed by atoms with van der Waals surface area (Å²) in [6.07, 6.45) is 1.67. The number of aromatic nitrogens is 6. The third-order valence-corrected chi connectivity index (χ3v) is 6.76. The van der Waals surface area contributed by atoms with Crippen LogP contribution in [0.2, 0.25) is 0 Å². The quantitative estimate of drug-likeness (QED) is 0.608. The van der Waals surface area contributed by atoms with E-state index >= 15 is 0 Å². The first kappa shape index (κ1) is 20.1. The second kappa shape index (κ2) is 7.91. The van der Waals surface area contributed by atoms with E-state index in [-0.39, 0.29) is 29.4 Å². The lowest BCUT2D eigenvalue weighted by molar-refractivity contribution is 0.383. The van der Waals surface area contributed by atoms with E-state index in [0.29, 0.717) is 18.9 Å². The van der Waals surface area contributed by atoms with E-state index in [9.17, 15) is 12.8 Å². The Bertz CT molecular complexity index is 1130. The van der Waals surface area contributed by atoms with Crippen molar-refractivity contribution in [3.05, 3.63) is 36.3 Å². The fourth-order valence-corrected chi connectivity index (χ4v) is 4.61. The number of aromatic amines is 1. The molecule has 0 bridgehead atoms. The molecule has 0 spiro atoms. The minimum Gasteiger partial charge on any atom is -0.376 e. The van der Waals surface area contributed by atoms with Crippen LogP contribution in [0.4, 0.5) is 15.9 Å². The molecule has 1 aromatic carbocycles. The van der Waals surface area contributed by atoms with Crippen molar-refractivity contribution in [1.29, 1.82) is 0 Å². The van der Waals surface area contributed by atoms with Crippen LogP contribution in [-0.2, 0) is 10.0 Å². The van der Waals surface area contributed by atoms with Crippen molar-refractivity contribution in [3.8, 4) is 11.4 Å². The molecule has 4 rings (SSSR count). The van der Waals surface area contributed by atoms with Gasteiger partial charge in [-0.1, -0.05) is 0 Å². The highest BCUT2D eigenvalue weighted by molar-refractivity contribution is 7.89. The molecule has 1 N–H and O–H groups in total. The molecular weight excluding hydrogens is 413 g/mol. The summed E-state index contributed by atoms with van der Waals surface area (Å²) in [5, 5.41) is 21.3. The lowest BCUT2D eigenvalue weighted by Crippen LogP contribution is -2.49. The second-order valence-corrected chi connectivity index (χ2v) is 8.87. The minimum absolute atomic E-state index is 0.00582. The Labute approximate surface area is 172 Å². The van der Waals surface area contributed by atoms with Gasteiger partial charge in [-0.3, -0.25) is 0 Å². The largest absolute Gasteiger partial charge is 0.376 e. The lowest BCUT2D eigenvalue weighted by Gasteiger charge is -2.34.